The molecule has 2 aromatic rings. The van der Waals surface area contributed by atoms with Crippen LogP contribution in [0.3, 0.4) is 0 Å². The van der Waals surface area contributed by atoms with Crippen molar-refractivity contribution in [1.82, 2.24) is 20.6 Å². The number of imidazole rings is 1. The van der Waals surface area contributed by atoms with E-state index in [0.29, 0.717) is 25.1 Å². The first kappa shape index (κ1) is 13.9. The Morgan fingerprint density at radius 3 is 2.90 bits per heavy atom. The first-order valence-corrected chi connectivity index (χ1v) is 6.30. The highest BCUT2D eigenvalue weighted by molar-refractivity contribution is 5.93. The maximum Gasteiger partial charge on any atom is 0.254 e. The summed E-state index contributed by atoms with van der Waals surface area (Å²) in [6, 6.07) is 1.57. The fourth-order valence-electron chi connectivity index (χ4n) is 1.63. The highest BCUT2D eigenvalue weighted by Gasteiger charge is 2.07. The van der Waals surface area contributed by atoms with Crippen LogP contribution in [0.5, 0.6) is 0 Å². The number of H-pyrrole nitrogens is 1. The summed E-state index contributed by atoms with van der Waals surface area (Å²) in [7, 11) is 0. The molecule has 0 saturated heterocycles. The number of carbonyl (C=O) groups excluding carboxylic acids is 2. The highest BCUT2D eigenvalue weighted by atomic mass is 16.3. The molecular weight excluding hydrogens is 260 g/mol. The predicted octanol–water partition coefficient (Wildman–Crippen LogP) is 0.481. The molecule has 0 saturated carbocycles. The molecule has 0 aliphatic heterocycles. The second-order valence-electron chi connectivity index (χ2n) is 4.19. The van der Waals surface area contributed by atoms with E-state index in [1.807, 2.05) is 0 Å². The largest absolute Gasteiger partial charge is 0.472 e. The Morgan fingerprint density at radius 1 is 1.30 bits per heavy atom. The molecule has 0 spiro atoms. The van der Waals surface area contributed by atoms with Gasteiger partial charge in [0.15, 0.2) is 0 Å². The molecule has 0 aliphatic rings. The van der Waals surface area contributed by atoms with Crippen LogP contribution in [-0.2, 0) is 11.2 Å². The van der Waals surface area contributed by atoms with Gasteiger partial charge in [-0.25, -0.2) is 4.98 Å². The van der Waals surface area contributed by atoms with E-state index in [9.17, 15) is 9.59 Å². The molecular formula is C13H16N4O3. The van der Waals surface area contributed by atoms with E-state index in [-0.39, 0.29) is 18.2 Å². The predicted molar refractivity (Wildman–Crippen MR) is 71.0 cm³/mol. The van der Waals surface area contributed by atoms with Gasteiger partial charge in [-0.3, -0.25) is 9.59 Å². The van der Waals surface area contributed by atoms with Gasteiger partial charge in [-0.05, 0) is 6.07 Å². The van der Waals surface area contributed by atoms with Crippen molar-refractivity contribution < 1.29 is 14.0 Å². The first-order valence-electron chi connectivity index (χ1n) is 6.30. The Balaban J connectivity index is 1.57. The fourth-order valence-corrected chi connectivity index (χ4v) is 1.63. The lowest BCUT2D eigenvalue weighted by molar-refractivity contribution is -0.120. The van der Waals surface area contributed by atoms with E-state index < -0.39 is 0 Å². The molecule has 2 rings (SSSR count). The van der Waals surface area contributed by atoms with Gasteiger partial charge in [-0.1, -0.05) is 0 Å². The van der Waals surface area contributed by atoms with Crippen LogP contribution in [0.15, 0.2) is 35.5 Å². The number of furan rings is 1. The number of nitrogens with one attached hydrogen (secondary N) is 3. The molecule has 7 heteroatoms. The molecule has 0 aromatic carbocycles. The van der Waals surface area contributed by atoms with Crippen LogP contribution in [0.1, 0.15) is 22.5 Å². The lowest BCUT2D eigenvalue weighted by atomic mass is 10.3. The number of amides is 2. The van der Waals surface area contributed by atoms with Gasteiger partial charge in [-0.15, -0.1) is 0 Å². The van der Waals surface area contributed by atoms with Crippen molar-refractivity contribution in [3.05, 3.63) is 42.4 Å². The third-order valence-electron chi connectivity index (χ3n) is 2.69. The standard InChI is InChI=1S/C13H16N4O3/c18-12(15-4-1-11-7-14-9-17-11)2-5-16-13(19)10-3-6-20-8-10/h3,6-9H,1-2,4-5H2,(H,14,17)(H,15,18)(H,16,19). The van der Waals surface area contributed by atoms with E-state index in [0.717, 1.165) is 5.69 Å². The van der Waals surface area contributed by atoms with E-state index in [4.69, 9.17) is 4.42 Å². The Morgan fingerprint density at radius 2 is 2.20 bits per heavy atom. The maximum atomic E-state index is 11.5. The molecule has 2 aromatic heterocycles. The van der Waals surface area contributed by atoms with Crippen LogP contribution in [0.2, 0.25) is 0 Å². The van der Waals surface area contributed by atoms with Crippen molar-refractivity contribution in [1.29, 1.82) is 0 Å². The van der Waals surface area contributed by atoms with Crippen molar-refractivity contribution in [2.75, 3.05) is 13.1 Å². The topological polar surface area (TPSA) is 100 Å². The average molecular weight is 276 g/mol. The van der Waals surface area contributed by atoms with Crippen LogP contribution in [0.25, 0.3) is 0 Å². The fraction of sp³-hybridized carbons (Fsp3) is 0.308. The summed E-state index contributed by atoms with van der Waals surface area (Å²) in [6.45, 7) is 0.830. The molecule has 20 heavy (non-hydrogen) atoms. The van der Waals surface area contributed by atoms with Crippen molar-refractivity contribution in [3.8, 4) is 0 Å². The summed E-state index contributed by atoms with van der Waals surface area (Å²) >= 11 is 0. The molecule has 0 bridgehead atoms. The molecule has 3 N–H and O–H groups in total. The Hall–Kier alpha value is -2.57. The Kier molecular flexibility index (Phi) is 4.94. The van der Waals surface area contributed by atoms with Crippen LogP contribution >= 0.6 is 0 Å². The number of aromatic amines is 1. The van der Waals surface area contributed by atoms with E-state index in [1.165, 1.54) is 12.5 Å². The summed E-state index contributed by atoms with van der Waals surface area (Å²) in [5.74, 6) is -0.346. The van der Waals surface area contributed by atoms with Crippen LogP contribution in [-0.4, -0.2) is 34.9 Å². The van der Waals surface area contributed by atoms with Crippen molar-refractivity contribution in [2.45, 2.75) is 12.8 Å². The molecule has 0 atom stereocenters. The van der Waals surface area contributed by atoms with Crippen molar-refractivity contribution >= 4 is 11.8 Å². The monoisotopic (exact) mass is 276 g/mol. The highest BCUT2D eigenvalue weighted by Crippen LogP contribution is 1.98. The van der Waals surface area contributed by atoms with Gasteiger partial charge in [0, 0.05) is 37.8 Å². The van der Waals surface area contributed by atoms with Gasteiger partial charge in [0.05, 0.1) is 18.2 Å². The summed E-state index contributed by atoms with van der Waals surface area (Å²) < 4.78 is 4.80. The summed E-state index contributed by atoms with van der Waals surface area (Å²) in [4.78, 5) is 29.9. The minimum absolute atomic E-state index is 0.1000. The lowest BCUT2D eigenvalue weighted by Crippen LogP contribution is -2.31. The van der Waals surface area contributed by atoms with Crippen molar-refractivity contribution in [3.63, 3.8) is 0 Å². The molecule has 0 radical (unpaired) electrons. The quantitative estimate of drug-likeness (QED) is 0.684. The van der Waals surface area contributed by atoms with Gasteiger partial charge in [0.1, 0.15) is 6.26 Å². The van der Waals surface area contributed by atoms with Gasteiger partial charge < -0.3 is 20.0 Å². The Bertz CT molecular complexity index is 534. The number of carbonyl (C=O) groups is 2. The molecule has 2 heterocycles. The van der Waals surface area contributed by atoms with E-state index in [1.54, 1.807) is 18.6 Å². The maximum absolute atomic E-state index is 11.5. The molecule has 7 nitrogen and oxygen atoms in total. The lowest BCUT2D eigenvalue weighted by Gasteiger charge is -2.05. The normalized spacial score (nSPS) is 10.2. The molecule has 2 amide bonds. The van der Waals surface area contributed by atoms with E-state index >= 15 is 0 Å². The van der Waals surface area contributed by atoms with Gasteiger partial charge in [-0.2, -0.15) is 0 Å². The molecule has 0 fully saturated rings. The summed E-state index contributed by atoms with van der Waals surface area (Å²) in [6.07, 6.45) is 7.05. The molecule has 0 aliphatic carbocycles. The van der Waals surface area contributed by atoms with Crippen LogP contribution in [0.4, 0.5) is 0 Å². The Labute approximate surface area is 115 Å². The second-order valence-corrected chi connectivity index (χ2v) is 4.19. The zero-order valence-corrected chi connectivity index (χ0v) is 10.9. The first-order chi connectivity index (χ1) is 9.75. The minimum Gasteiger partial charge on any atom is -0.472 e. The van der Waals surface area contributed by atoms with E-state index in [2.05, 4.69) is 20.6 Å². The second kappa shape index (κ2) is 7.13. The average Bonchev–Trinajstić information content (AvgIpc) is 3.12. The van der Waals surface area contributed by atoms with Gasteiger partial charge in [0.2, 0.25) is 5.91 Å². The molecule has 106 valence electrons. The van der Waals surface area contributed by atoms with Gasteiger partial charge >= 0.3 is 0 Å². The minimum atomic E-state index is -0.246. The zero-order chi connectivity index (χ0) is 14.2. The summed E-state index contributed by atoms with van der Waals surface area (Å²) in [5.41, 5.74) is 1.42. The molecule has 0 unspecified atom stereocenters. The van der Waals surface area contributed by atoms with Gasteiger partial charge in [0.25, 0.3) is 5.91 Å². The number of hydrogen-bond acceptors (Lipinski definition) is 4. The smallest absolute Gasteiger partial charge is 0.254 e. The number of nitrogens with zero attached hydrogens (tertiary/aromatic N) is 1. The third kappa shape index (κ3) is 4.27. The van der Waals surface area contributed by atoms with Crippen LogP contribution < -0.4 is 10.6 Å². The zero-order valence-electron chi connectivity index (χ0n) is 10.9. The number of rotatable bonds is 7. The van der Waals surface area contributed by atoms with Crippen LogP contribution in [0, 0.1) is 0 Å². The third-order valence-corrected chi connectivity index (χ3v) is 2.69. The summed E-state index contributed by atoms with van der Waals surface area (Å²) in [5, 5.41) is 5.42. The SMILES string of the molecule is O=C(CCNC(=O)c1ccoc1)NCCc1cnc[nH]1. The number of hydrogen-bond donors (Lipinski definition) is 3. The number of aromatic nitrogens is 2. The van der Waals surface area contributed by atoms with Crippen molar-refractivity contribution in [2.24, 2.45) is 0 Å².